The topological polar surface area (TPSA) is 86.0 Å². The lowest BCUT2D eigenvalue weighted by Gasteiger charge is -2.26. The van der Waals surface area contributed by atoms with Crippen LogP contribution in [-0.4, -0.2) is 67.2 Å². The molecule has 3 N–H and O–H groups in total. The maximum Gasteiger partial charge on any atom is 0.356 e. The van der Waals surface area contributed by atoms with Crippen molar-refractivity contribution >= 4 is 17.0 Å². The molecule has 31 heavy (non-hydrogen) atoms. The highest BCUT2D eigenvalue weighted by Gasteiger charge is 2.23. The van der Waals surface area contributed by atoms with Crippen molar-refractivity contribution in [3.8, 4) is 11.5 Å². The molecule has 0 spiro atoms. The van der Waals surface area contributed by atoms with E-state index in [-0.39, 0.29) is 6.61 Å². The Morgan fingerprint density at radius 3 is 2.52 bits per heavy atom. The predicted octanol–water partition coefficient (Wildman–Crippen LogP) is 1.29. The van der Waals surface area contributed by atoms with Gasteiger partial charge in [-0.25, -0.2) is 9.13 Å². The van der Waals surface area contributed by atoms with Gasteiger partial charge in [-0.3, -0.25) is 10.6 Å². The van der Waals surface area contributed by atoms with Crippen LogP contribution in [0.25, 0.3) is 11.0 Å². The summed E-state index contributed by atoms with van der Waals surface area (Å²) in [6.45, 7) is 5.68. The second kappa shape index (κ2) is 10.00. The third-order valence-electron chi connectivity index (χ3n) is 5.66. The number of ether oxygens (including phenoxy) is 3. The van der Waals surface area contributed by atoms with E-state index in [0.29, 0.717) is 18.2 Å². The number of para-hydroxylation sites is 2. The minimum absolute atomic E-state index is 0.173. The Kier molecular flexibility index (Phi) is 6.91. The van der Waals surface area contributed by atoms with Crippen LogP contribution >= 0.6 is 0 Å². The summed E-state index contributed by atoms with van der Waals surface area (Å²) in [6.07, 6.45) is -0.701. The van der Waals surface area contributed by atoms with Crippen LogP contribution < -0.4 is 19.8 Å². The second-order valence-corrected chi connectivity index (χ2v) is 7.70. The van der Waals surface area contributed by atoms with Crippen LogP contribution in [0, 0.1) is 0 Å². The molecule has 0 saturated carbocycles. The smallest absolute Gasteiger partial charge is 0.356 e. The van der Waals surface area contributed by atoms with Gasteiger partial charge in [-0.1, -0.05) is 12.1 Å². The van der Waals surface area contributed by atoms with Gasteiger partial charge in [-0.2, -0.15) is 0 Å². The summed E-state index contributed by atoms with van der Waals surface area (Å²) in [4.78, 5) is 2.39. The zero-order chi connectivity index (χ0) is 21.6. The highest BCUT2D eigenvalue weighted by Crippen LogP contribution is 2.18. The molecule has 1 saturated heterocycles. The number of methoxy groups -OCH3 is 1. The second-order valence-electron chi connectivity index (χ2n) is 7.70. The molecule has 8 heteroatoms. The number of aliphatic hydroxyl groups excluding tert-OH is 1. The van der Waals surface area contributed by atoms with Crippen molar-refractivity contribution in [2.24, 2.45) is 0 Å². The number of anilines is 1. The summed E-state index contributed by atoms with van der Waals surface area (Å²) < 4.78 is 20.4. The Morgan fingerprint density at radius 1 is 1.06 bits per heavy atom. The first-order valence-corrected chi connectivity index (χ1v) is 10.7. The molecule has 1 aromatic heterocycles. The summed E-state index contributed by atoms with van der Waals surface area (Å²) in [5.41, 5.74) is 8.61. The maximum absolute atomic E-state index is 10.6. The summed E-state index contributed by atoms with van der Waals surface area (Å²) >= 11 is 0. The number of hydrogen-bond donors (Lipinski definition) is 2. The summed E-state index contributed by atoms with van der Waals surface area (Å²) in [6, 6.07) is 15.4. The van der Waals surface area contributed by atoms with Gasteiger partial charge in [0.05, 0.1) is 26.9 Å². The first kappa shape index (κ1) is 21.4. The zero-order valence-electron chi connectivity index (χ0n) is 17.9. The molecular formula is C23H31N4O4+. The predicted molar refractivity (Wildman–Crippen MR) is 118 cm³/mol. The van der Waals surface area contributed by atoms with E-state index in [1.807, 2.05) is 47.0 Å². The summed E-state index contributed by atoms with van der Waals surface area (Å²) in [5, 5.41) is 10.6. The molecule has 1 aliphatic rings. The number of aromatic nitrogens is 2. The fourth-order valence-corrected chi connectivity index (χ4v) is 3.93. The molecule has 0 amide bonds. The number of fused-ring (bicyclic) bond motifs is 1. The van der Waals surface area contributed by atoms with Crippen molar-refractivity contribution < 1.29 is 23.9 Å². The molecule has 1 fully saturated rings. The van der Waals surface area contributed by atoms with E-state index < -0.39 is 6.10 Å². The van der Waals surface area contributed by atoms with E-state index >= 15 is 0 Å². The van der Waals surface area contributed by atoms with Gasteiger partial charge in [0.25, 0.3) is 0 Å². The fourth-order valence-electron chi connectivity index (χ4n) is 3.93. The van der Waals surface area contributed by atoms with Crippen LogP contribution in [0.5, 0.6) is 11.5 Å². The van der Waals surface area contributed by atoms with Gasteiger partial charge in [0, 0.05) is 19.6 Å². The van der Waals surface area contributed by atoms with E-state index in [1.165, 1.54) is 0 Å². The van der Waals surface area contributed by atoms with Gasteiger partial charge >= 0.3 is 5.95 Å². The molecule has 1 atom stereocenters. The Labute approximate surface area is 182 Å². The van der Waals surface area contributed by atoms with Crippen LogP contribution in [0.4, 0.5) is 5.95 Å². The number of nitrogen functional groups attached to an aromatic ring is 1. The highest BCUT2D eigenvalue weighted by atomic mass is 16.5. The minimum atomic E-state index is -0.701. The number of hydrogen-bond acceptors (Lipinski definition) is 6. The molecule has 1 aliphatic heterocycles. The van der Waals surface area contributed by atoms with Gasteiger partial charge in [-0.15, -0.1) is 0 Å². The quantitative estimate of drug-likeness (QED) is 0.501. The Hall–Kier alpha value is -2.81. The van der Waals surface area contributed by atoms with Crippen molar-refractivity contribution in [2.75, 3.05) is 52.3 Å². The molecule has 0 unspecified atom stereocenters. The third kappa shape index (κ3) is 5.10. The van der Waals surface area contributed by atoms with E-state index in [2.05, 4.69) is 15.5 Å². The van der Waals surface area contributed by atoms with E-state index in [9.17, 15) is 5.11 Å². The van der Waals surface area contributed by atoms with Gasteiger partial charge in [0.1, 0.15) is 41.8 Å². The third-order valence-corrected chi connectivity index (χ3v) is 5.66. The van der Waals surface area contributed by atoms with Crippen molar-refractivity contribution in [1.29, 1.82) is 0 Å². The molecule has 166 valence electrons. The molecule has 0 aliphatic carbocycles. The number of aliphatic hydroxyl groups is 1. The van der Waals surface area contributed by atoms with Gasteiger partial charge in [0.2, 0.25) is 0 Å². The van der Waals surface area contributed by atoms with Crippen LogP contribution in [0.2, 0.25) is 0 Å². The number of nitrogens with two attached hydrogens (primary N) is 1. The van der Waals surface area contributed by atoms with E-state index in [4.69, 9.17) is 19.9 Å². The SMILES string of the molecule is COc1ccc(OC[C@@H](O)C[n+]2c(N)n(CCN3CCOCC3)c3ccccc32)cc1. The molecule has 8 nitrogen and oxygen atoms in total. The molecule has 3 aromatic rings. The van der Waals surface area contributed by atoms with Crippen LogP contribution in [0.1, 0.15) is 0 Å². The van der Waals surface area contributed by atoms with Gasteiger partial charge in [-0.05, 0) is 36.4 Å². The lowest BCUT2D eigenvalue weighted by atomic mass is 10.3. The van der Waals surface area contributed by atoms with Gasteiger partial charge < -0.3 is 19.3 Å². The first-order chi connectivity index (χ1) is 15.2. The van der Waals surface area contributed by atoms with Crippen LogP contribution in [-0.2, 0) is 17.8 Å². The van der Waals surface area contributed by atoms with Crippen molar-refractivity contribution in [2.45, 2.75) is 19.2 Å². The van der Waals surface area contributed by atoms with Crippen LogP contribution in [0.3, 0.4) is 0 Å². The number of rotatable bonds is 9. The number of benzene rings is 2. The maximum atomic E-state index is 10.6. The van der Waals surface area contributed by atoms with Gasteiger partial charge in [0.15, 0.2) is 0 Å². The molecule has 0 radical (unpaired) electrons. The molecule has 2 aromatic carbocycles. The standard InChI is InChI=1S/C23H30N4O4/c1-29-19-6-8-20(9-7-19)31-17-18(28)16-27-22-5-3-2-4-21(22)26(23(27)24)11-10-25-12-14-30-15-13-25/h2-9,18,24,28H,10-17H2,1H3/p+1/t18-/m0/s1. The zero-order valence-corrected chi connectivity index (χ0v) is 17.9. The summed E-state index contributed by atoms with van der Waals surface area (Å²) in [7, 11) is 1.62. The summed E-state index contributed by atoms with van der Waals surface area (Å²) in [5.74, 6) is 2.09. The molecule has 2 heterocycles. The minimum Gasteiger partial charge on any atom is -0.497 e. The van der Waals surface area contributed by atoms with Crippen molar-refractivity contribution in [3.05, 3.63) is 48.5 Å². The van der Waals surface area contributed by atoms with Crippen LogP contribution in [0.15, 0.2) is 48.5 Å². The Morgan fingerprint density at radius 2 is 1.77 bits per heavy atom. The number of nitrogens with zero attached hydrogens (tertiary/aromatic N) is 3. The first-order valence-electron chi connectivity index (χ1n) is 10.7. The average Bonchev–Trinajstić information content (AvgIpc) is 3.08. The lowest BCUT2D eigenvalue weighted by molar-refractivity contribution is -0.665. The Bertz CT molecular complexity index is 983. The van der Waals surface area contributed by atoms with E-state index in [0.717, 1.165) is 56.2 Å². The average molecular weight is 428 g/mol. The Balaban J connectivity index is 1.44. The monoisotopic (exact) mass is 427 g/mol. The van der Waals surface area contributed by atoms with E-state index in [1.54, 1.807) is 7.11 Å². The largest absolute Gasteiger partial charge is 0.497 e. The van der Waals surface area contributed by atoms with Crippen molar-refractivity contribution in [1.82, 2.24) is 9.47 Å². The lowest BCUT2D eigenvalue weighted by Crippen LogP contribution is -2.44. The highest BCUT2D eigenvalue weighted by molar-refractivity contribution is 5.73. The normalized spacial score (nSPS) is 15.8. The number of imidazole rings is 1. The fraction of sp³-hybridized carbons (Fsp3) is 0.435. The molecular weight excluding hydrogens is 396 g/mol. The molecule has 0 bridgehead atoms. The number of morpholine rings is 1. The molecule has 4 rings (SSSR count). The van der Waals surface area contributed by atoms with Crippen molar-refractivity contribution in [3.63, 3.8) is 0 Å².